The molecule has 0 aliphatic heterocycles. The average Bonchev–Trinajstić information content (AvgIpc) is 2.66. The number of anilines is 1. The Balaban J connectivity index is 2.05. The molecule has 0 heterocycles. The maximum absolute atomic E-state index is 12.6. The number of carbonyl (C=O) groups is 1. The van der Waals surface area contributed by atoms with Gasteiger partial charge >= 0.3 is 0 Å². The summed E-state index contributed by atoms with van der Waals surface area (Å²) in [7, 11) is -3.72. The molecule has 0 bridgehead atoms. The predicted octanol–water partition coefficient (Wildman–Crippen LogP) is 3.75. The van der Waals surface area contributed by atoms with E-state index < -0.39 is 16.1 Å². The number of hydrogen-bond acceptors (Lipinski definition) is 5. The molecule has 0 spiro atoms. The van der Waals surface area contributed by atoms with E-state index >= 15 is 0 Å². The van der Waals surface area contributed by atoms with E-state index in [9.17, 15) is 13.2 Å². The second-order valence-corrected chi connectivity index (χ2v) is 9.21. The van der Waals surface area contributed by atoms with Gasteiger partial charge in [0.1, 0.15) is 5.75 Å². The molecule has 2 rings (SSSR count). The first-order chi connectivity index (χ1) is 13.2. The van der Waals surface area contributed by atoms with Crippen molar-refractivity contribution < 1.29 is 17.9 Å². The summed E-state index contributed by atoms with van der Waals surface area (Å²) in [5.41, 5.74) is 0.533. The highest BCUT2D eigenvalue weighted by atomic mass is 32.2. The van der Waals surface area contributed by atoms with E-state index in [0.717, 1.165) is 4.90 Å². The SMILES string of the molecule is CSc1ccccc1NS(=O)(=O)c1ccc(O[C@H](C)C(=O)NCC(C)C)cc1. The molecule has 0 aromatic heterocycles. The van der Waals surface area contributed by atoms with E-state index in [0.29, 0.717) is 23.9 Å². The van der Waals surface area contributed by atoms with Gasteiger partial charge in [0.05, 0.1) is 10.6 Å². The summed E-state index contributed by atoms with van der Waals surface area (Å²) in [4.78, 5) is 13.0. The van der Waals surface area contributed by atoms with Crippen LogP contribution < -0.4 is 14.8 Å². The fourth-order valence-electron chi connectivity index (χ4n) is 2.34. The number of sulfonamides is 1. The highest BCUT2D eigenvalue weighted by molar-refractivity contribution is 7.99. The Kier molecular flexibility index (Phi) is 7.77. The number of nitrogens with one attached hydrogen (secondary N) is 2. The number of para-hydroxylation sites is 1. The Morgan fingerprint density at radius 3 is 2.32 bits per heavy atom. The van der Waals surface area contributed by atoms with E-state index in [1.807, 2.05) is 32.2 Å². The summed E-state index contributed by atoms with van der Waals surface area (Å²) in [6.07, 6.45) is 1.21. The Labute approximate surface area is 171 Å². The van der Waals surface area contributed by atoms with Gasteiger partial charge in [-0.1, -0.05) is 26.0 Å². The summed E-state index contributed by atoms with van der Waals surface area (Å²) in [6, 6.07) is 13.2. The second kappa shape index (κ2) is 9.84. The van der Waals surface area contributed by atoms with Crippen LogP contribution in [0, 0.1) is 5.92 Å². The standard InChI is InChI=1S/C20H26N2O4S2/c1-14(2)13-21-20(23)15(3)26-16-9-11-17(12-10-16)28(24,25)22-18-7-5-6-8-19(18)27-4/h5-12,14-15,22H,13H2,1-4H3,(H,21,23)/t15-/m1/s1. The Hall–Kier alpha value is -2.19. The van der Waals surface area contributed by atoms with Crippen molar-refractivity contribution in [3.05, 3.63) is 48.5 Å². The Bertz CT molecular complexity index is 897. The first kappa shape index (κ1) is 22.1. The van der Waals surface area contributed by atoms with Gasteiger partial charge < -0.3 is 10.1 Å². The number of rotatable bonds is 9. The van der Waals surface area contributed by atoms with Crippen LogP contribution in [-0.2, 0) is 14.8 Å². The normalized spacial score (nSPS) is 12.5. The van der Waals surface area contributed by atoms with Crippen molar-refractivity contribution in [2.45, 2.75) is 36.7 Å². The molecule has 2 aromatic carbocycles. The number of hydrogen-bond donors (Lipinski definition) is 2. The lowest BCUT2D eigenvalue weighted by Crippen LogP contribution is -2.38. The largest absolute Gasteiger partial charge is 0.481 e. The molecule has 28 heavy (non-hydrogen) atoms. The van der Waals surface area contributed by atoms with Gasteiger partial charge in [0.25, 0.3) is 15.9 Å². The maximum atomic E-state index is 12.6. The number of thioether (sulfide) groups is 1. The van der Waals surface area contributed by atoms with Crippen LogP contribution in [0.1, 0.15) is 20.8 Å². The van der Waals surface area contributed by atoms with Crippen molar-refractivity contribution in [2.24, 2.45) is 5.92 Å². The molecule has 0 radical (unpaired) electrons. The third-order valence-electron chi connectivity index (χ3n) is 3.85. The Morgan fingerprint density at radius 1 is 1.07 bits per heavy atom. The molecular formula is C20H26N2O4S2. The summed E-state index contributed by atoms with van der Waals surface area (Å²) in [5, 5.41) is 2.80. The van der Waals surface area contributed by atoms with Gasteiger partial charge in [-0.3, -0.25) is 9.52 Å². The van der Waals surface area contributed by atoms with Crippen molar-refractivity contribution in [3.63, 3.8) is 0 Å². The van der Waals surface area contributed by atoms with Gasteiger partial charge in [-0.05, 0) is 55.5 Å². The topological polar surface area (TPSA) is 84.5 Å². The van der Waals surface area contributed by atoms with Crippen LogP contribution in [0.2, 0.25) is 0 Å². The van der Waals surface area contributed by atoms with Crippen molar-refractivity contribution in [3.8, 4) is 5.75 Å². The zero-order chi connectivity index (χ0) is 20.7. The van der Waals surface area contributed by atoms with Crippen LogP contribution in [0.25, 0.3) is 0 Å². The van der Waals surface area contributed by atoms with Gasteiger partial charge in [0.15, 0.2) is 6.10 Å². The van der Waals surface area contributed by atoms with E-state index in [1.165, 1.54) is 23.9 Å². The third-order valence-corrected chi connectivity index (χ3v) is 6.03. The number of carbonyl (C=O) groups excluding carboxylic acids is 1. The lowest BCUT2D eigenvalue weighted by molar-refractivity contribution is -0.127. The molecule has 0 unspecified atom stereocenters. The molecule has 1 amide bonds. The van der Waals surface area contributed by atoms with E-state index in [2.05, 4.69) is 10.0 Å². The molecule has 0 aliphatic rings. The van der Waals surface area contributed by atoms with Crippen LogP contribution in [0.3, 0.4) is 0 Å². The number of benzene rings is 2. The highest BCUT2D eigenvalue weighted by Crippen LogP contribution is 2.27. The first-order valence-electron chi connectivity index (χ1n) is 8.93. The van der Waals surface area contributed by atoms with Crippen LogP contribution in [0.4, 0.5) is 5.69 Å². The van der Waals surface area contributed by atoms with Crippen molar-refractivity contribution in [1.29, 1.82) is 0 Å². The van der Waals surface area contributed by atoms with E-state index in [-0.39, 0.29) is 10.8 Å². The maximum Gasteiger partial charge on any atom is 0.261 e. The second-order valence-electron chi connectivity index (χ2n) is 6.68. The summed E-state index contributed by atoms with van der Waals surface area (Å²) in [6.45, 7) is 6.25. The van der Waals surface area contributed by atoms with Gasteiger partial charge in [-0.15, -0.1) is 11.8 Å². The molecule has 0 saturated heterocycles. The smallest absolute Gasteiger partial charge is 0.261 e. The quantitative estimate of drug-likeness (QED) is 0.601. The fraction of sp³-hybridized carbons (Fsp3) is 0.350. The van der Waals surface area contributed by atoms with Gasteiger partial charge in [0.2, 0.25) is 0 Å². The Morgan fingerprint density at radius 2 is 1.71 bits per heavy atom. The van der Waals surface area contributed by atoms with E-state index in [1.54, 1.807) is 31.2 Å². The number of ether oxygens (including phenoxy) is 1. The van der Waals surface area contributed by atoms with Crippen molar-refractivity contribution in [1.82, 2.24) is 5.32 Å². The predicted molar refractivity (Wildman–Crippen MR) is 113 cm³/mol. The molecular weight excluding hydrogens is 396 g/mol. The average molecular weight is 423 g/mol. The van der Waals surface area contributed by atoms with Gasteiger partial charge in [-0.25, -0.2) is 8.42 Å². The molecule has 0 saturated carbocycles. The molecule has 2 N–H and O–H groups in total. The summed E-state index contributed by atoms with van der Waals surface area (Å²) in [5.74, 6) is 0.570. The van der Waals surface area contributed by atoms with E-state index in [4.69, 9.17) is 4.74 Å². The molecule has 2 aromatic rings. The van der Waals surface area contributed by atoms with Crippen molar-refractivity contribution >= 4 is 33.4 Å². The van der Waals surface area contributed by atoms with Gasteiger partial charge in [-0.2, -0.15) is 0 Å². The number of amides is 1. The zero-order valence-electron chi connectivity index (χ0n) is 16.4. The van der Waals surface area contributed by atoms with Gasteiger partial charge in [0, 0.05) is 11.4 Å². The van der Waals surface area contributed by atoms with Crippen LogP contribution in [0.5, 0.6) is 5.75 Å². The lowest BCUT2D eigenvalue weighted by atomic mass is 10.2. The first-order valence-corrected chi connectivity index (χ1v) is 11.6. The molecule has 0 aliphatic carbocycles. The van der Waals surface area contributed by atoms with Crippen molar-refractivity contribution in [2.75, 3.05) is 17.5 Å². The van der Waals surface area contributed by atoms with Crippen LogP contribution in [0.15, 0.2) is 58.3 Å². The molecule has 6 nitrogen and oxygen atoms in total. The lowest BCUT2D eigenvalue weighted by Gasteiger charge is -2.16. The molecule has 152 valence electrons. The third kappa shape index (κ3) is 6.17. The minimum absolute atomic E-state index is 0.118. The zero-order valence-corrected chi connectivity index (χ0v) is 18.1. The van der Waals surface area contributed by atoms with Crippen LogP contribution in [-0.4, -0.2) is 33.2 Å². The molecule has 8 heteroatoms. The molecule has 0 fully saturated rings. The molecule has 1 atom stereocenters. The van der Waals surface area contributed by atoms with Crippen LogP contribution >= 0.6 is 11.8 Å². The summed E-state index contributed by atoms with van der Waals surface area (Å²) >= 11 is 1.46. The summed E-state index contributed by atoms with van der Waals surface area (Å²) < 4.78 is 33.5. The minimum Gasteiger partial charge on any atom is -0.481 e. The minimum atomic E-state index is -3.72. The fourth-order valence-corrected chi connectivity index (χ4v) is 4.03. The monoisotopic (exact) mass is 422 g/mol. The highest BCUT2D eigenvalue weighted by Gasteiger charge is 2.18.